The highest BCUT2D eigenvalue weighted by Gasteiger charge is 2.20. The highest BCUT2D eigenvalue weighted by atomic mass is 35.5. The number of rotatable bonds is 6. The maximum Gasteiger partial charge on any atom is 0.317 e. The van der Waals surface area contributed by atoms with Crippen LogP contribution in [0, 0.1) is 0 Å². The van der Waals surface area contributed by atoms with E-state index in [0.29, 0.717) is 5.02 Å². The first-order valence-electron chi connectivity index (χ1n) is 6.04. The lowest BCUT2D eigenvalue weighted by molar-refractivity contribution is -0.136. The second kappa shape index (κ2) is 7.72. The minimum Gasteiger partial charge on any atom is -0.481 e. The van der Waals surface area contributed by atoms with Crippen molar-refractivity contribution in [2.24, 2.45) is 0 Å². The van der Waals surface area contributed by atoms with Gasteiger partial charge >= 0.3 is 12.0 Å². The quantitative estimate of drug-likeness (QED) is 0.742. The number of hydrogen-bond acceptors (Lipinski definition) is 3. The molecular formula is C13H17ClN2O4. The molecule has 7 heteroatoms. The van der Waals surface area contributed by atoms with Crippen molar-refractivity contribution < 1.29 is 19.8 Å². The van der Waals surface area contributed by atoms with E-state index in [1.165, 1.54) is 11.9 Å². The Bertz CT molecular complexity index is 464. The van der Waals surface area contributed by atoms with Crippen molar-refractivity contribution in [3.8, 4) is 0 Å². The molecule has 0 aliphatic rings. The SMILES string of the molecule is CN(C(=O)NCCC(=O)O)C(CO)c1ccc(Cl)cc1. The van der Waals surface area contributed by atoms with Crippen LogP contribution in [0.3, 0.4) is 0 Å². The highest BCUT2D eigenvalue weighted by molar-refractivity contribution is 6.30. The number of amides is 2. The lowest BCUT2D eigenvalue weighted by Gasteiger charge is -2.27. The lowest BCUT2D eigenvalue weighted by Crippen LogP contribution is -2.41. The molecule has 20 heavy (non-hydrogen) atoms. The number of aliphatic carboxylic acids is 1. The number of hydrogen-bond donors (Lipinski definition) is 3. The summed E-state index contributed by atoms with van der Waals surface area (Å²) in [5.74, 6) is -0.982. The molecule has 0 aliphatic carbocycles. The molecule has 1 atom stereocenters. The zero-order valence-corrected chi connectivity index (χ0v) is 11.8. The van der Waals surface area contributed by atoms with Crippen molar-refractivity contribution in [1.29, 1.82) is 0 Å². The van der Waals surface area contributed by atoms with E-state index >= 15 is 0 Å². The largest absolute Gasteiger partial charge is 0.481 e. The van der Waals surface area contributed by atoms with E-state index < -0.39 is 18.0 Å². The molecule has 2 amide bonds. The number of carboxylic acid groups (broad SMARTS) is 1. The molecule has 0 bridgehead atoms. The van der Waals surface area contributed by atoms with Crippen LogP contribution in [0.5, 0.6) is 0 Å². The molecule has 1 aromatic rings. The number of nitrogens with one attached hydrogen (secondary N) is 1. The van der Waals surface area contributed by atoms with Crippen LogP contribution in [-0.4, -0.2) is 47.3 Å². The first kappa shape index (κ1) is 16.3. The fourth-order valence-electron chi connectivity index (χ4n) is 1.68. The highest BCUT2D eigenvalue weighted by Crippen LogP contribution is 2.20. The van der Waals surface area contributed by atoms with Crippen molar-refractivity contribution in [3.63, 3.8) is 0 Å². The molecular weight excluding hydrogens is 284 g/mol. The van der Waals surface area contributed by atoms with Crippen LogP contribution in [0.2, 0.25) is 5.02 Å². The molecule has 0 spiro atoms. The normalized spacial score (nSPS) is 11.8. The number of halogens is 1. The maximum absolute atomic E-state index is 11.8. The molecule has 1 unspecified atom stereocenters. The van der Waals surface area contributed by atoms with E-state index in [4.69, 9.17) is 16.7 Å². The third-order valence-corrected chi connectivity index (χ3v) is 3.08. The number of carbonyl (C=O) groups excluding carboxylic acids is 1. The van der Waals surface area contributed by atoms with Gasteiger partial charge in [0.1, 0.15) is 0 Å². The molecule has 110 valence electrons. The first-order chi connectivity index (χ1) is 9.45. The summed E-state index contributed by atoms with van der Waals surface area (Å²) in [4.78, 5) is 23.6. The van der Waals surface area contributed by atoms with Crippen molar-refractivity contribution in [2.45, 2.75) is 12.5 Å². The van der Waals surface area contributed by atoms with Crippen LogP contribution < -0.4 is 5.32 Å². The number of nitrogens with zero attached hydrogens (tertiary/aromatic N) is 1. The fourth-order valence-corrected chi connectivity index (χ4v) is 1.81. The van der Waals surface area contributed by atoms with Crippen LogP contribution in [0.4, 0.5) is 4.79 Å². The molecule has 3 N–H and O–H groups in total. The van der Waals surface area contributed by atoms with E-state index in [9.17, 15) is 14.7 Å². The summed E-state index contributed by atoms with van der Waals surface area (Å²) < 4.78 is 0. The van der Waals surface area contributed by atoms with E-state index in [2.05, 4.69) is 5.32 Å². The van der Waals surface area contributed by atoms with E-state index in [-0.39, 0.29) is 19.6 Å². The van der Waals surface area contributed by atoms with Gasteiger partial charge in [-0.05, 0) is 17.7 Å². The number of benzene rings is 1. The van der Waals surface area contributed by atoms with Crippen molar-refractivity contribution in [1.82, 2.24) is 10.2 Å². The summed E-state index contributed by atoms with van der Waals surface area (Å²) in [6.07, 6.45) is -0.148. The molecule has 0 saturated carbocycles. The minimum absolute atomic E-state index is 0.0390. The smallest absolute Gasteiger partial charge is 0.317 e. The van der Waals surface area contributed by atoms with Crippen LogP contribution in [0.15, 0.2) is 24.3 Å². The van der Waals surface area contributed by atoms with Crippen LogP contribution in [0.25, 0.3) is 0 Å². The number of carbonyl (C=O) groups is 2. The topological polar surface area (TPSA) is 89.9 Å². The first-order valence-corrected chi connectivity index (χ1v) is 6.42. The Kier molecular flexibility index (Phi) is 6.27. The van der Waals surface area contributed by atoms with Gasteiger partial charge in [0, 0.05) is 18.6 Å². The Labute approximate surface area is 122 Å². The van der Waals surface area contributed by atoms with Gasteiger partial charge in [-0.2, -0.15) is 0 Å². The van der Waals surface area contributed by atoms with Gasteiger partial charge in [0.2, 0.25) is 0 Å². The predicted molar refractivity (Wildman–Crippen MR) is 74.7 cm³/mol. The van der Waals surface area contributed by atoms with Gasteiger partial charge in [0.15, 0.2) is 0 Å². The van der Waals surface area contributed by atoms with E-state index in [1.807, 2.05) is 0 Å². The molecule has 0 aliphatic heterocycles. The van der Waals surface area contributed by atoms with Crippen LogP contribution >= 0.6 is 11.6 Å². The molecule has 1 rings (SSSR count). The number of aliphatic hydroxyl groups excluding tert-OH is 1. The lowest BCUT2D eigenvalue weighted by atomic mass is 10.1. The minimum atomic E-state index is -0.982. The van der Waals surface area contributed by atoms with Gasteiger partial charge in [-0.1, -0.05) is 23.7 Å². The van der Waals surface area contributed by atoms with Gasteiger partial charge in [-0.15, -0.1) is 0 Å². The van der Waals surface area contributed by atoms with Crippen molar-refractivity contribution in [3.05, 3.63) is 34.9 Å². The molecule has 0 fully saturated rings. The summed E-state index contributed by atoms with van der Waals surface area (Å²) in [7, 11) is 1.53. The number of aliphatic hydroxyl groups is 1. The van der Waals surface area contributed by atoms with Crippen molar-refractivity contribution >= 4 is 23.6 Å². The number of carboxylic acids is 1. The van der Waals surface area contributed by atoms with Crippen LogP contribution in [0.1, 0.15) is 18.0 Å². The second-order valence-electron chi connectivity index (χ2n) is 4.24. The van der Waals surface area contributed by atoms with Gasteiger partial charge in [-0.3, -0.25) is 4.79 Å². The third-order valence-electron chi connectivity index (χ3n) is 2.83. The summed E-state index contributed by atoms with van der Waals surface area (Å²) in [5.41, 5.74) is 0.743. The van der Waals surface area contributed by atoms with Gasteiger partial charge in [0.05, 0.1) is 19.1 Å². The van der Waals surface area contributed by atoms with E-state index in [1.54, 1.807) is 24.3 Å². The zero-order chi connectivity index (χ0) is 15.1. The third kappa shape index (κ3) is 4.71. The number of urea groups is 1. The fraction of sp³-hybridized carbons (Fsp3) is 0.385. The Balaban J connectivity index is 2.66. The van der Waals surface area contributed by atoms with E-state index in [0.717, 1.165) is 5.56 Å². The molecule has 0 radical (unpaired) electrons. The Morgan fingerprint density at radius 2 is 1.95 bits per heavy atom. The second-order valence-corrected chi connectivity index (χ2v) is 4.67. The van der Waals surface area contributed by atoms with Gasteiger partial charge in [0.25, 0.3) is 0 Å². The molecule has 0 heterocycles. The maximum atomic E-state index is 11.8. The van der Waals surface area contributed by atoms with Crippen LogP contribution in [-0.2, 0) is 4.79 Å². The predicted octanol–water partition coefficient (Wildman–Crippen LogP) is 1.49. The zero-order valence-electron chi connectivity index (χ0n) is 11.0. The Hall–Kier alpha value is -1.79. The standard InChI is InChI=1S/C13H17ClN2O4/c1-16(13(20)15-7-6-12(18)19)11(8-17)9-2-4-10(14)5-3-9/h2-5,11,17H,6-8H2,1H3,(H,15,20)(H,18,19). The number of likely N-dealkylation sites (N-methyl/N-ethyl adjacent to an activating group) is 1. The Morgan fingerprint density at radius 1 is 1.35 bits per heavy atom. The summed E-state index contributed by atoms with van der Waals surface area (Å²) in [6.45, 7) is -0.207. The average molecular weight is 301 g/mol. The summed E-state index contributed by atoms with van der Waals surface area (Å²) >= 11 is 5.79. The average Bonchev–Trinajstić information content (AvgIpc) is 2.41. The molecule has 1 aromatic carbocycles. The Morgan fingerprint density at radius 3 is 2.45 bits per heavy atom. The van der Waals surface area contributed by atoms with Crippen molar-refractivity contribution in [2.75, 3.05) is 20.2 Å². The summed E-state index contributed by atoms with van der Waals surface area (Å²) in [5, 5.41) is 21.0. The molecule has 6 nitrogen and oxygen atoms in total. The van der Waals surface area contributed by atoms with Gasteiger partial charge in [-0.25, -0.2) is 4.79 Å². The molecule has 0 aromatic heterocycles. The monoisotopic (exact) mass is 300 g/mol. The summed E-state index contributed by atoms with van der Waals surface area (Å²) in [6, 6.07) is 5.84. The van der Waals surface area contributed by atoms with Gasteiger partial charge < -0.3 is 20.4 Å². The molecule has 0 saturated heterocycles.